The lowest BCUT2D eigenvalue weighted by atomic mass is 9.95. The molecule has 1 N–H and O–H groups in total. The van der Waals surface area contributed by atoms with Crippen molar-refractivity contribution in [3.05, 3.63) is 64.4 Å². The number of carbonyl (C=O) groups excluding carboxylic acids is 5. The Kier molecular flexibility index (Phi) is 4.41. The first-order chi connectivity index (χ1) is 15.3. The van der Waals surface area contributed by atoms with Gasteiger partial charge in [0, 0.05) is 0 Å². The van der Waals surface area contributed by atoms with Crippen molar-refractivity contribution >= 4 is 52.4 Å². The van der Waals surface area contributed by atoms with Gasteiger partial charge in [0.1, 0.15) is 23.5 Å². The monoisotopic (exact) mass is 454 g/mol. The van der Waals surface area contributed by atoms with Gasteiger partial charge in [0.05, 0.1) is 28.4 Å². The highest BCUT2D eigenvalue weighted by Crippen LogP contribution is 2.33. The van der Waals surface area contributed by atoms with E-state index in [1.807, 2.05) is 0 Å². The first kappa shape index (κ1) is 20.0. The smallest absolute Gasteiger partial charge is 0.261 e. The van der Waals surface area contributed by atoms with E-state index in [0.717, 1.165) is 21.9 Å². The van der Waals surface area contributed by atoms with E-state index in [1.165, 1.54) is 18.2 Å². The number of nitrogens with one attached hydrogen (secondary N) is 1. The quantitative estimate of drug-likeness (QED) is 0.693. The second-order valence-electron chi connectivity index (χ2n) is 7.36. The van der Waals surface area contributed by atoms with Crippen LogP contribution in [0.1, 0.15) is 20.7 Å². The number of Topliss-reactive ketones (excluding diaryl/α,β-unsaturated/α-hetero) is 1. The van der Waals surface area contributed by atoms with Crippen LogP contribution in [0.4, 0.5) is 10.1 Å². The number of anilines is 1. The van der Waals surface area contributed by atoms with E-state index < -0.39 is 53.7 Å². The van der Waals surface area contributed by atoms with E-state index in [2.05, 4.69) is 10.5 Å². The molecule has 3 aliphatic rings. The summed E-state index contributed by atoms with van der Waals surface area (Å²) in [5, 5.41) is 3.56. The number of hydrogen-bond acceptors (Lipinski definition) is 7. The molecule has 0 radical (unpaired) electrons. The third-order valence-corrected chi connectivity index (χ3v) is 5.84. The molecule has 2 aromatic carbocycles. The number of rotatable bonds is 4. The molecule has 4 amide bonds. The van der Waals surface area contributed by atoms with E-state index in [4.69, 9.17) is 11.6 Å². The van der Waals surface area contributed by atoms with Crippen LogP contribution >= 0.6 is 11.6 Å². The van der Waals surface area contributed by atoms with Crippen LogP contribution in [0.5, 0.6) is 0 Å². The largest absolute Gasteiger partial charge is 0.296 e. The predicted molar refractivity (Wildman–Crippen MR) is 109 cm³/mol. The standard InChI is InChI=1S/C21H12ClFN4O5/c22-12-7-9(5-6-13(12)23)27-20(31)15-16(24-25-17(15)21(27)32)14(28)8-26-18(29)10-3-1-2-4-11(10)19(26)30/h1-7,15,17,25H,8H2. The normalized spacial score (nSPS) is 21.6. The molecule has 32 heavy (non-hydrogen) atoms. The Balaban J connectivity index is 1.38. The lowest BCUT2D eigenvalue weighted by molar-refractivity contribution is -0.122. The number of fused-ring (bicyclic) bond motifs is 2. The molecule has 0 spiro atoms. The van der Waals surface area contributed by atoms with Crippen LogP contribution in [0.3, 0.4) is 0 Å². The van der Waals surface area contributed by atoms with Crippen molar-refractivity contribution in [2.24, 2.45) is 11.0 Å². The van der Waals surface area contributed by atoms with Crippen LogP contribution in [0.25, 0.3) is 0 Å². The highest BCUT2D eigenvalue weighted by Gasteiger charge is 2.55. The van der Waals surface area contributed by atoms with Gasteiger partial charge in [-0.15, -0.1) is 0 Å². The topological polar surface area (TPSA) is 116 Å². The van der Waals surface area contributed by atoms with E-state index in [9.17, 15) is 28.4 Å². The summed E-state index contributed by atoms with van der Waals surface area (Å²) in [6.07, 6.45) is 0. The van der Waals surface area contributed by atoms with Gasteiger partial charge >= 0.3 is 0 Å². The zero-order valence-electron chi connectivity index (χ0n) is 16.0. The first-order valence-corrected chi connectivity index (χ1v) is 9.81. The molecule has 1 fully saturated rings. The molecule has 2 unspecified atom stereocenters. The highest BCUT2D eigenvalue weighted by molar-refractivity contribution is 6.49. The van der Waals surface area contributed by atoms with E-state index >= 15 is 0 Å². The van der Waals surface area contributed by atoms with Crippen molar-refractivity contribution in [2.75, 3.05) is 11.4 Å². The number of imide groups is 2. The summed E-state index contributed by atoms with van der Waals surface area (Å²) in [6.45, 7) is -0.625. The van der Waals surface area contributed by atoms with Crippen molar-refractivity contribution < 1.29 is 28.4 Å². The van der Waals surface area contributed by atoms with Gasteiger partial charge in [0.25, 0.3) is 17.7 Å². The molecule has 11 heteroatoms. The van der Waals surface area contributed by atoms with Gasteiger partial charge in [-0.25, -0.2) is 9.29 Å². The van der Waals surface area contributed by atoms with Gasteiger partial charge in [0.15, 0.2) is 5.78 Å². The summed E-state index contributed by atoms with van der Waals surface area (Å²) < 4.78 is 13.5. The average Bonchev–Trinajstić information content (AvgIpc) is 3.40. The Hall–Kier alpha value is -3.92. The maximum atomic E-state index is 13.5. The zero-order valence-corrected chi connectivity index (χ0v) is 16.8. The van der Waals surface area contributed by atoms with Crippen molar-refractivity contribution in [3.8, 4) is 0 Å². The van der Waals surface area contributed by atoms with Gasteiger partial charge < -0.3 is 0 Å². The Morgan fingerprint density at radius 3 is 2.31 bits per heavy atom. The molecular weight excluding hydrogens is 443 g/mol. The fourth-order valence-corrected chi connectivity index (χ4v) is 4.18. The zero-order chi connectivity index (χ0) is 22.7. The van der Waals surface area contributed by atoms with Crippen LogP contribution in [0.2, 0.25) is 5.02 Å². The summed E-state index contributed by atoms with van der Waals surface area (Å²) in [7, 11) is 0. The fraction of sp³-hybridized carbons (Fsp3) is 0.143. The Morgan fingerprint density at radius 1 is 1.03 bits per heavy atom. The minimum absolute atomic E-state index is 0.0507. The summed E-state index contributed by atoms with van der Waals surface area (Å²) >= 11 is 5.76. The minimum Gasteiger partial charge on any atom is -0.296 e. The second-order valence-corrected chi connectivity index (χ2v) is 7.76. The number of amides is 4. The van der Waals surface area contributed by atoms with E-state index in [-0.39, 0.29) is 27.5 Å². The summed E-state index contributed by atoms with van der Waals surface area (Å²) in [5.74, 6) is -5.39. The summed E-state index contributed by atoms with van der Waals surface area (Å²) in [5.41, 5.74) is 2.63. The van der Waals surface area contributed by atoms with Gasteiger partial charge in [0.2, 0.25) is 5.91 Å². The number of carbonyl (C=O) groups is 5. The molecule has 5 rings (SSSR count). The van der Waals surface area contributed by atoms with Gasteiger partial charge in [-0.1, -0.05) is 23.7 Å². The first-order valence-electron chi connectivity index (χ1n) is 9.44. The van der Waals surface area contributed by atoms with Crippen molar-refractivity contribution in [2.45, 2.75) is 6.04 Å². The molecule has 0 aliphatic carbocycles. The molecule has 1 saturated heterocycles. The lowest BCUT2D eigenvalue weighted by Gasteiger charge is -2.17. The number of ketones is 1. The predicted octanol–water partition coefficient (Wildman–Crippen LogP) is 1.16. The number of hydrazone groups is 1. The third kappa shape index (κ3) is 2.76. The second kappa shape index (κ2) is 7.06. The number of halogens is 2. The van der Waals surface area contributed by atoms with Crippen LogP contribution < -0.4 is 10.3 Å². The van der Waals surface area contributed by atoms with Crippen molar-refractivity contribution in [1.29, 1.82) is 0 Å². The van der Waals surface area contributed by atoms with Crippen molar-refractivity contribution in [1.82, 2.24) is 10.3 Å². The molecule has 160 valence electrons. The molecular formula is C21H12ClFN4O5. The Bertz CT molecular complexity index is 1260. The average molecular weight is 455 g/mol. The third-order valence-electron chi connectivity index (χ3n) is 5.55. The highest BCUT2D eigenvalue weighted by atomic mass is 35.5. The van der Waals surface area contributed by atoms with E-state index in [1.54, 1.807) is 12.1 Å². The Morgan fingerprint density at radius 2 is 1.69 bits per heavy atom. The molecule has 2 atom stereocenters. The summed E-state index contributed by atoms with van der Waals surface area (Å²) in [6, 6.07) is 8.40. The van der Waals surface area contributed by atoms with Crippen LogP contribution in [-0.4, -0.2) is 52.6 Å². The maximum absolute atomic E-state index is 13.5. The van der Waals surface area contributed by atoms with Gasteiger partial charge in [-0.3, -0.25) is 34.3 Å². The van der Waals surface area contributed by atoms with Crippen LogP contribution in [-0.2, 0) is 14.4 Å². The maximum Gasteiger partial charge on any atom is 0.261 e. The molecule has 2 aromatic rings. The molecule has 3 heterocycles. The lowest BCUT2D eigenvalue weighted by Crippen LogP contribution is -2.41. The SMILES string of the molecule is O=C(CN1C(=O)c2ccccc2C1=O)C1=NNC2C(=O)N(c3ccc(F)c(Cl)c3)C(=O)C12. The molecule has 0 saturated carbocycles. The molecule has 0 aromatic heterocycles. The number of benzene rings is 2. The molecule has 0 bridgehead atoms. The molecule has 3 aliphatic heterocycles. The van der Waals surface area contributed by atoms with Crippen molar-refractivity contribution in [3.63, 3.8) is 0 Å². The van der Waals surface area contributed by atoms with Gasteiger partial charge in [-0.05, 0) is 30.3 Å². The fourth-order valence-electron chi connectivity index (χ4n) is 4.01. The van der Waals surface area contributed by atoms with E-state index in [0.29, 0.717) is 0 Å². The van der Waals surface area contributed by atoms with Crippen LogP contribution in [0, 0.1) is 11.7 Å². The number of nitrogens with zero attached hydrogens (tertiary/aromatic N) is 3. The molecule has 9 nitrogen and oxygen atoms in total. The summed E-state index contributed by atoms with van der Waals surface area (Å²) in [4.78, 5) is 65.3. The number of hydrogen-bond donors (Lipinski definition) is 1. The minimum atomic E-state index is -1.24. The van der Waals surface area contributed by atoms with Gasteiger partial charge in [-0.2, -0.15) is 5.10 Å². The van der Waals surface area contributed by atoms with Crippen LogP contribution in [0.15, 0.2) is 47.6 Å². The Labute approximate surface area is 184 Å².